The average molecular weight is 469 g/mol. The van der Waals surface area contributed by atoms with Crippen LogP contribution in [0, 0.1) is 0 Å². The van der Waals surface area contributed by atoms with Gasteiger partial charge in [-0.3, -0.25) is 9.59 Å². The fraction of sp³-hybridized carbons (Fsp3) is 0.0714. The van der Waals surface area contributed by atoms with Crippen LogP contribution in [0.5, 0.6) is 5.75 Å². The number of amides is 2. The summed E-state index contributed by atoms with van der Waals surface area (Å²) in [7, 11) is 1.59. The van der Waals surface area contributed by atoms with Gasteiger partial charge in [0.2, 0.25) is 5.91 Å². The van der Waals surface area contributed by atoms with Gasteiger partial charge in [-0.2, -0.15) is 0 Å². The fourth-order valence-corrected chi connectivity index (χ4v) is 3.07. The van der Waals surface area contributed by atoms with E-state index in [0.29, 0.717) is 29.0 Å². The summed E-state index contributed by atoms with van der Waals surface area (Å²) in [5, 5.41) is 5.61. The van der Waals surface area contributed by atoms with Gasteiger partial charge in [0, 0.05) is 28.3 Å². The molecule has 0 atom stereocenters. The Morgan fingerprint density at radius 1 is 0.686 bits per heavy atom. The predicted octanol–water partition coefficient (Wildman–Crippen LogP) is 4.98. The Kier molecular flexibility index (Phi) is 8.85. The molecule has 0 bridgehead atoms. The second-order valence-corrected chi connectivity index (χ2v) is 7.64. The molecule has 7 nitrogen and oxygen atoms in total. The Morgan fingerprint density at radius 3 is 1.71 bits per heavy atom. The molecule has 0 spiro atoms. The first-order valence-corrected chi connectivity index (χ1v) is 10.9. The van der Waals surface area contributed by atoms with Crippen molar-refractivity contribution in [3.63, 3.8) is 0 Å². The van der Waals surface area contributed by atoms with Crippen LogP contribution >= 0.6 is 0 Å². The lowest BCUT2D eigenvalue weighted by Gasteiger charge is -2.06. The summed E-state index contributed by atoms with van der Waals surface area (Å²) in [4.78, 5) is 23.6. The molecule has 0 saturated heterocycles. The molecule has 4 rings (SSSR count). The molecule has 0 aliphatic carbocycles. The highest BCUT2D eigenvalue weighted by Gasteiger charge is 2.06. The van der Waals surface area contributed by atoms with Crippen molar-refractivity contribution < 1.29 is 14.3 Å². The Balaban J connectivity index is 0.000000196. The van der Waals surface area contributed by atoms with Gasteiger partial charge in [0.1, 0.15) is 5.75 Å². The van der Waals surface area contributed by atoms with Crippen molar-refractivity contribution in [2.24, 2.45) is 0 Å². The first-order chi connectivity index (χ1) is 16.9. The average Bonchev–Trinajstić information content (AvgIpc) is 2.88. The zero-order valence-corrected chi connectivity index (χ0v) is 19.4. The summed E-state index contributed by atoms with van der Waals surface area (Å²) >= 11 is 0. The van der Waals surface area contributed by atoms with Crippen molar-refractivity contribution >= 4 is 34.6 Å². The molecule has 6 N–H and O–H groups in total. The Bertz CT molecular complexity index is 1220. The molecule has 35 heavy (non-hydrogen) atoms. The topological polar surface area (TPSA) is 119 Å². The number of hydrogen-bond donors (Lipinski definition) is 4. The molecule has 0 fully saturated rings. The van der Waals surface area contributed by atoms with E-state index in [1.165, 1.54) is 0 Å². The highest BCUT2D eigenvalue weighted by Crippen LogP contribution is 2.15. The third-order valence-electron chi connectivity index (χ3n) is 4.92. The Hall–Kier alpha value is -4.78. The van der Waals surface area contributed by atoms with Crippen molar-refractivity contribution in [2.45, 2.75) is 6.42 Å². The van der Waals surface area contributed by atoms with E-state index in [1.54, 1.807) is 79.9 Å². The van der Waals surface area contributed by atoms with Gasteiger partial charge in [-0.25, -0.2) is 0 Å². The van der Waals surface area contributed by atoms with Crippen LogP contribution in [0.3, 0.4) is 0 Å². The van der Waals surface area contributed by atoms with E-state index in [-0.39, 0.29) is 11.8 Å². The molecule has 7 heteroatoms. The molecular weight excluding hydrogens is 440 g/mol. The molecule has 0 aliphatic heterocycles. The molecule has 0 saturated carbocycles. The second kappa shape index (κ2) is 12.5. The minimum atomic E-state index is -0.164. The number of hydrogen-bond acceptors (Lipinski definition) is 5. The first-order valence-electron chi connectivity index (χ1n) is 10.9. The summed E-state index contributed by atoms with van der Waals surface area (Å²) in [6, 6.07) is 30.7. The zero-order valence-electron chi connectivity index (χ0n) is 19.4. The normalized spacial score (nSPS) is 9.86. The van der Waals surface area contributed by atoms with Gasteiger partial charge in [-0.05, 0) is 78.4 Å². The van der Waals surface area contributed by atoms with Crippen LogP contribution in [0.25, 0.3) is 0 Å². The van der Waals surface area contributed by atoms with Crippen LogP contribution in [0.2, 0.25) is 0 Å². The van der Waals surface area contributed by atoms with Crippen LogP contribution in [-0.2, 0) is 11.2 Å². The van der Waals surface area contributed by atoms with Crippen LogP contribution in [0.4, 0.5) is 22.7 Å². The summed E-state index contributed by atoms with van der Waals surface area (Å²) in [6.07, 6.45) is 0.380. The number of carbonyl (C=O) groups excluding carboxylic acids is 2. The molecule has 2 amide bonds. The molecular formula is C28H28N4O3. The zero-order chi connectivity index (χ0) is 25.0. The number of nitrogens with one attached hydrogen (secondary N) is 2. The third-order valence-corrected chi connectivity index (χ3v) is 4.92. The quantitative estimate of drug-likeness (QED) is 0.298. The number of benzene rings is 4. The number of methoxy groups -OCH3 is 1. The minimum absolute atomic E-state index is 0.0269. The van der Waals surface area contributed by atoms with E-state index >= 15 is 0 Å². The van der Waals surface area contributed by atoms with Crippen molar-refractivity contribution in [1.82, 2.24) is 0 Å². The number of carbonyl (C=O) groups is 2. The van der Waals surface area contributed by atoms with Gasteiger partial charge < -0.3 is 26.8 Å². The number of nitrogen functional groups attached to an aromatic ring is 2. The van der Waals surface area contributed by atoms with Crippen LogP contribution in [-0.4, -0.2) is 18.9 Å². The summed E-state index contributed by atoms with van der Waals surface area (Å²) in [6.45, 7) is 0. The second-order valence-electron chi connectivity index (χ2n) is 7.64. The van der Waals surface area contributed by atoms with E-state index < -0.39 is 0 Å². The lowest BCUT2D eigenvalue weighted by molar-refractivity contribution is -0.115. The van der Waals surface area contributed by atoms with Crippen molar-refractivity contribution in [1.29, 1.82) is 0 Å². The Morgan fingerprint density at radius 2 is 1.20 bits per heavy atom. The lowest BCUT2D eigenvalue weighted by atomic mass is 10.1. The van der Waals surface area contributed by atoms with Crippen molar-refractivity contribution in [3.05, 3.63) is 114 Å². The highest BCUT2D eigenvalue weighted by molar-refractivity contribution is 6.04. The van der Waals surface area contributed by atoms with E-state index in [2.05, 4.69) is 10.6 Å². The van der Waals surface area contributed by atoms with E-state index in [0.717, 1.165) is 17.0 Å². The van der Waals surface area contributed by atoms with Gasteiger partial charge in [-0.15, -0.1) is 0 Å². The number of ether oxygens (including phenoxy) is 1. The van der Waals surface area contributed by atoms with Gasteiger partial charge in [0.05, 0.1) is 13.5 Å². The number of anilines is 4. The molecule has 4 aromatic rings. The van der Waals surface area contributed by atoms with E-state index in [4.69, 9.17) is 16.2 Å². The highest BCUT2D eigenvalue weighted by atomic mass is 16.5. The van der Waals surface area contributed by atoms with Gasteiger partial charge in [0.25, 0.3) is 5.91 Å². The van der Waals surface area contributed by atoms with E-state index in [9.17, 15) is 9.59 Å². The molecule has 0 radical (unpaired) electrons. The van der Waals surface area contributed by atoms with Crippen LogP contribution in [0.15, 0.2) is 103 Å². The largest absolute Gasteiger partial charge is 0.497 e. The monoisotopic (exact) mass is 468 g/mol. The van der Waals surface area contributed by atoms with Gasteiger partial charge in [-0.1, -0.05) is 30.3 Å². The smallest absolute Gasteiger partial charge is 0.255 e. The van der Waals surface area contributed by atoms with Gasteiger partial charge in [0.15, 0.2) is 0 Å². The Labute approximate surface area is 204 Å². The van der Waals surface area contributed by atoms with E-state index in [1.807, 2.05) is 30.3 Å². The summed E-state index contributed by atoms with van der Waals surface area (Å²) < 4.78 is 5.03. The predicted molar refractivity (Wildman–Crippen MR) is 141 cm³/mol. The fourth-order valence-electron chi connectivity index (χ4n) is 3.07. The first kappa shape index (κ1) is 24.9. The maximum absolute atomic E-state index is 11.9. The minimum Gasteiger partial charge on any atom is -0.497 e. The molecule has 4 aromatic carbocycles. The molecule has 178 valence electrons. The standard InChI is InChI=1S/C14H14N2O2.C14H14N2O/c1-18-13-8-2-10(3-9-13)14(17)16-12-6-4-11(15)5-7-12;15-12-6-8-13(9-7-12)16-14(17)10-11-4-2-1-3-5-11/h2-9H,15H2,1H3,(H,16,17);1-9H,10,15H2,(H,16,17). The van der Waals surface area contributed by atoms with Crippen LogP contribution in [0.1, 0.15) is 15.9 Å². The van der Waals surface area contributed by atoms with Crippen LogP contribution < -0.4 is 26.8 Å². The molecule has 0 aromatic heterocycles. The third kappa shape index (κ3) is 8.25. The maximum atomic E-state index is 11.9. The molecule has 0 heterocycles. The summed E-state index contributed by atoms with van der Waals surface area (Å²) in [5.74, 6) is 0.530. The maximum Gasteiger partial charge on any atom is 0.255 e. The number of nitrogens with two attached hydrogens (primary N) is 2. The number of rotatable bonds is 6. The van der Waals surface area contributed by atoms with Gasteiger partial charge >= 0.3 is 0 Å². The molecule has 0 unspecified atom stereocenters. The lowest BCUT2D eigenvalue weighted by Crippen LogP contribution is -2.14. The summed E-state index contributed by atoms with van der Waals surface area (Å²) in [5.41, 5.74) is 15.5. The van der Waals surface area contributed by atoms with Crippen molar-refractivity contribution in [3.8, 4) is 5.75 Å². The van der Waals surface area contributed by atoms with Crippen molar-refractivity contribution in [2.75, 3.05) is 29.2 Å². The molecule has 0 aliphatic rings. The SMILES string of the molecule is COc1ccc(C(=O)Nc2ccc(N)cc2)cc1.Nc1ccc(NC(=O)Cc2ccccc2)cc1.